The van der Waals surface area contributed by atoms with Gasteiger partial charge in [0.05, 0.1) is 18.6 Å². The molecule has 0 N–H and O–H groups in total. The molecule has 0 aromatic heterocycles. The molecule has 3 nitrogen and oxygen atoms in total. The molecule has 0 spiro atoms. The minimum Gasteiger partial charge on any atom is -0.466 e. The van der Waals surface area contributed by atoms with Crippen LogP contribution in [-0.2, 0) is 14.0 Å². The van der Waals surface area contributed by atoms with E-state index in [4.69, 9.17) is 9.16 Å². The van der Waals surface area contributed by atoms with E-state index >= 15 is 0 Å². The Hall–Kier alpha value is -0.613. The van der Waals surface area contributed by atoms with E-state index < -0.39 is 8.32 Å². The van der Waals surface area contributed by atoms with Gasteiger partial charge in [-0.1, -0.05) is 39.3 Å². The molecule has 0 saturated heterocycles. The Labute approximate surface area is 145 Å². The Bertz CT molecular complexity index is 369. The van der Waals surface area contributed by atoms with Crippen molar-refractivity contribution in [2.24, 2.45) is 5.92 Å². The van der Waals surface area contributed by atoms with Crippen LogP contribution in [0.5, 0.6) is 0 Å². The SMILES string of the molecule is C/C=C/CCCCC(O[Si](C)(C)C(C)(C)C)C(C)C(=O)OCC. The second-order valence-electron chi connectivity index (χ2n) is 7.81. The predicted molar refractivity (Wildman–Crippen MR) is 101 cm³/mol. The Balaban J connectivity index is 4.89. The second-order valence-corrected chi connectivity index (χ2v) is 12.6. The molecule has 0 aromatic carbocycles. The molecular weight excluding hydrogens is 304 g/mol. The maximum atomic E-state index is 12.2. The van der Waals surface area contributed by atoms with Crippen LogP contribution >= 0.6 is 0 Å². The van der Waals surface area contributed by atoms with Gasteiger partial charge in [0, 0.05) is 0 Å². The summed E-state index contributed by atoms with van der Waals surface area (Å²) in [4.78, 5) is 12.2. The van der Waals surface area contributed by atoms with Gasteiger partial charge >= 0.3 is 5.97 Å². The number of hydrogen-bond donors (Lipinski definition) is 0. The van der Waals surface area contributed by atoms with Gasteiger partial charge in [-0.3, -0.25) is 4.79 Å². The van der Waals surface area contributed by atoms with Gasteiger partial charge in [-0.2, -0.15) is 0 Å². The quantitative estimate of drug-likeness (QED) is 0.221. The molecule has 23 heavy (non-hydrogen) atoms. The normalized spacial score (nSPS) is 15.7. The summed E-state index contributed by atoms with van der Waals surface area (Å²) >= 11 is 0. The van der Waals surface area contributed by atoms with E-state index in [2.05, 4.69) is 46.0 Å². The highest BCUT2D eigenvalue weighted by Crippen LogP contribution is 2.38. The molecule has 2 unspecified atom stereocenters. The molecule has 0 aliphatic rings. The number of carbonyl (C=O) groups excluding carboxylic acids is 1. The first-order valence-corrected chi connectivity index (χ1v) is 11.9. The van der Waals surface area contributed by atoms with E-state index in [0.717, 1.165) is 25.7 Å². The highest BCUT2D eigenvalue weighted by atomic mass is 28.4. The molecule has 0 radical (unpaired) electrons. The number of hydrogen-bond acceptors (Lipinski definition) is 3. The van der Waals surface area contributed by atoms with Gasteiger partial charge in [-0.15, -0.1) is 0 Å². The predicted octanol–water partition coefficient (Wildman–Crippen LogP) is 5.71. The highest BCUT2D eigenvalue weighted by molar-refractivity contribution is 6.74. The van der Waals surface area contributed by atoms with Gasteiger partial charge in [0.15, 0.2) is 8.32 Å². The van der Waals surface area contributed by atoms with E-state index in [-0.39, 0.29) is 23.0 Å². The summed E-state index contributed by atoms with van der Waals surface area (Å²) in [6, 6.07) is 0. The van der Waals surface area contributed by atoms with Crippen LogP contribution in [0.4, 0.5) is 0 Å². The first-order chi connectivity index (χ1) is 10.6. The lowest BCUT2D eigenvalue weighted by Crippen LogP contribution is -2.46. The fourth-order valence-corrected chi connectivity index (χ4v) is 3.60. The summed E-state index contributed by atoms with van der Waals surface area (Å²) in [7, 11) is -1.90. The van der Waals surface area contributed by atoms with Crippen molar-refractivity contribution in [3.05, 3.63) is 12.2 Å². The Morgan fingerprint density at radius 3 is 2.30 bits per heavy atom. The molecule has 4 heteroatoms. The minimum absolute atomic E-state index is 0.0412. The van der Waals surface area contributed by atoms with Crippen molar-refractivity contribution in [3.8, 4) is 0 Å². The van der Waals surface area contributed by atoms with Crippen molar-refractivity contribution in [1.82, 2.24) is 0 Å². The van der Waals surface area contributed by atoms with Crippen LogP contribution in [0.1, 0.15) is 67.2 Å². The van der Waals surface area contributed by atoms with Crippen LogP contribution in [0.2, 0.25) is 18.1 Å². The first-order valence-electron chi connectivity index (χ1n) is 9.02. The number of carbonyl (C=O) groups is 1. The van der Waals surface area contributed by atoms with Crippen molar-refractivity contribution in [3.63, 3.8) is 0 Å². The Morgan fingerprint density at radius 2 is 1.83 bits per heavy atom. The van der Waals surface area contributed by atoms with Crippen molar-refractivity contribution >= 4 is 14.3 Å². The minimum atomic E-state index is -1.90. The molecule has 0 aromatic rings. The number of unbranched alkanes of at least 4 members (excludes halogenated alkanes) is 2. The van der Waals surface area contributed by atoms with Crippen molar-refractivity contribution in [2.75, 3.05) is 6.61 Å². The van der Waals surface area contributed by atoms with Crippen molar-refractivity contribution in [1.29, 1.82) is 0 Å². The molecule has 0 saturated carbocycles. The molecule has 0 heterocycles. The van der Waals surface area contributed by atoms with Crippen LogP contribution in [-0.4, -0.2) is 27.0 Å². The number of ether oxygens (including phenoxy) is 1. The number of esters is 1. The maximum absolute atomic E-state index is 12.2. The van der Waals surface area contributed by atoms with Crippen LogP contribution in [0, 0.1) is 5.92 Å². The molecule has 0 amide bonds. The zero-order valence-corrected chi connectivity index (χ0v) is 17.6. The highest BCUT2D eigenvalue weighted by Gasteiger charge is 2.41. The van der Waals surface area contributed by atoms with Crippen LogP contribution in [0.3, 0.4) is 0 Å². The lowest BCUT2D eigenvalue weighted by molar-refractivity contribution is -0.150. The van der Waals surface area contributed by atoms with Crippen molar-refractivity contribution < 1.29 is 14.0 Å². The Morgan fingerprint density at radius 1 is 1.22 bits per heavy atom. The third-order valence-corrected chi connectivity index (χ3v) is 9.32. The number of rotatable bonds is 10. The summed E-state index contributed by atoms with van der Waals surface area (Å²) in [5.41, 5.74) is 0. The second kappa shape index (κ2) is 10.3. The van der Waals surface area contributed by atoms with E-state index in [9.17, 15) is 4.79 Å². The third-order valence-electron chi connectivity index (χ3n) is 4.81. The van der Waals surface area contributed by atoms with Crippen LogP contribution in [0.15, 0.2) is 12.2 Å². The molecule has 136 valence electrons. The fourth-order valence-electron chi connectivity index (χ4n) is 2.17. The van der Waals surface area contributed by atoms with E-state index in [1.165, 1.54) is 0 Å². The van der Waals surface area contributed by atoms with E-state index in [0.29, 0.717) is 6.61 Å². The van der Waals surface area contributed by atoms with Gasteiger partial charge in [0.25, 0.3) is 0 Å². The van der Waals surface area contributed by atoms with E-state index in [1.807, 2.05) is 20.8 Å². The molecule has 0 aliphatic heterocycles. The summed E-state index contributed by atoms with van der Waals surface area (Å²) in [6.45, 7) is 17.5. The average Bonchev–Trinajstić information content (AvgIpc) is 2.44. The van der Waals surface area contributed by atoms with E-state index in [1.54, 1.807) is 0 Å². The smallest absolute Gasteiger partial charge is 0.311 e. The third kappa shape index (κ3) is 8.16. The molecule has 0 bridgehead atoms. The molecule has 0 fully saturated rings. The summed E-state index contributed by atoms with van der Waals surface area (Å²) in [6.07, 6.45) is 8.47. The average molecular weight is 343 g/mol. The Kier molecular flexibility index (Phi) is 10.0. The lowest BCUT2D eigenvalue weighted by Gasteiger charge is -2.40. The summed E-state index contributed by atoms with van der Waals surface area (Å²) in [5, 5.41) is 0.143. The van der Waals surface area contributed by atoms with Gasteiger partial charge in [-0.25, -0.2) is 0 Å². The largest absolute Gasteiger partial charge is 0.466 e. The first kappa shape index (κ1) is 22.4. The topological polar surface area (TPSA) is 35.5 Å². The van der Waals surface area contributed by atoms with Crippen LogP contribution < -0.4 is 0 Å². The monoisotopic (exact) mass is 342 g/mol. The zero-order valence-electron chi connectivity index (χ0n) is 16.6. The lowest BCUT2D eigenvalue weighted by atomic mass is 9.99. The van der Waals surface area contributed by atoms with Gasteiger partial charge in [0.1, 0.15) is 0 Å². The molecule has 2 atom stereocenters. The maximum Gasteiger partial charge on any atom is 0.311 e. The standard InChI is InChI=1S/C19H38O3Si/c1-9-11-12-13-14-15-17(16(3)18(20)21-10-2)22-23(7,8)19(4,5)6/h9,11,16-17H,10,12-15H2,1-8H3/b11-9+. The molecule has 0 rings (SSSR count). The summed E-state index contributed by atoms with van der Waals surface area (Å²) < 4.78 is 11.8. The van der Waals surface area contributed by atoms with Crippen LogP contribution in [0.25, 0.3) is 0 Å². The molecule has 0 aliphatic carbocycles. The van der Waals surface area contributed by atoms with Gasteiger partial charge in [0.2, 0.25) is 0 Å². The fraction of sp³-hybridized carbons (Fsp3) is 0.842. The number of allylic oxidation sites excluding steroid dienone is 2. The van der Waals surface area contributed by atoms with Crippen molar-refractivity contribution in [2.45, 2.75) is 91.5 Å². The summed E-state index contributed by atoms with van der Waals surface area (Å²) in [5.74, 6) is -0.338. The van der Waals surface area contributed by atoms with Gasteiger partial charge < -0.3 is 9.16 Å². The van der Waals surface area contributed by atoms with Gasteiger partial charge in [-0.05, 0) is 58.2 Å². The molecular formula is C19H38O3Si. The zero-order chi connectivity index (χ0) is 18.1.